The SMILES string of the molecule is CCOC(=O)c1cc(-c2cccc(NC(=O)c3ccccc3)c2)n(-c2ccc(OC)cc2)n1. The molecule has 1 heterocycles. The Hall–Kier alpha value is -4.39. The largest absolute Gasteiger partial charge is 0.497 e. The average molecular weight is 441 g/mol. The molecule has 1 N–H and O–H groups in total. The van der Waals surface area contributed by atoms with E-state index in [0.29, 0.717) is 22.7 Å². The van der Waals surface area contributed by atoms with E-state index < -0.39 is 5.97 Å². The summed E-state index contributed by atoms with van der Waals surface area (Å²) in [6.45, 7) is 2.00. The van der Waals surface area contributed by atoms with Crippen LogP contribution in [0.25, 0.3) is 16.9 Å². The Morgan fingerprint density at radius 2 is 1.70 bits per heavy atom. The number of benzene rings is 3. The van der Waals surface area contributed by atoms with Gasteiger partial charge in [0.15, 0.2) is 5.69 Å². The number of nitrogens with one attached hydrogen (secondary N) is 1. The first-order valence-electron chi connectivity index (χ1n) is 10.5. The summed E-state index contributed by atoms with van der Waals surface area (Å²) in [5.74, 6) is 0.00636. The number of carbonyl (C=O) groups is 2. The number of hydrogen-bond acceptors (Lipinski definition) is 5. The van der Waals surface area contributed by atoms with Crippen molar-refractivity contribution >= 4 is 17.6 Å². The minimum atomic E-state index is -0.500. The third-order valence-corrected chi connectivity index (χ3v) is 4.96. The van der Waals surface area contributed by atoms with Crippen LogP contribution in [0.3, 0.4) is 0 Å². The van der Waals surface area contributed by atoms with E-state index in [-0.39, 0.29) is 18.2 Å². The molecule has 4 rings (SSSR count). The van der Waals surface area contributed by atoms with Crippen molar-refractivity contribution in [2.45, 2.75) is 6.92 Å². The van der Waals surface area contributed by atoms with Crippen LogP contribution in [0.5, 0.6) is 5.75 Å². The number of nitrogens with zero attached hydrogens (tertiary/aromatic N) is 2. The monoisotopic (exact) mass is 441 g/mol. The molecule has 0 atom stereocenters. The van der Waals surface area contributed by atoms with E-state index in [1.807, 2.05) is 66.7 Å². The van der Waals surface area contributed by atoms with Gasteiger partial charge in [0.1, 0.15) is 5.75 Å². The van der Waals surface area contributed by atoms with Crippen LogP contribution in [0, 0.1) is 0 Å². The molecule has 0 aliphatic rings. The number of ether oxygens (including phenoxy) is 2. The number of carbonyl (C=O) groups excluding carboxylic acids is 2. The van der Waals surface area contributed by atoms with Crippen LogP contribution < -0.4 is 10.1 Å². The molecule has 1 aromatic heterocycles. The Kier molecular flexibility index (Phi) is 6.50. The van der Waals surface area contributed by atoms with Crippen molar-refractivity contribution in [3.63, 3.8) is 0 Å². The molecule has 0 aliphatic carbocycles. The smallest absolute Gasteiger partial charge is 0.358 e. The number of esters is 1. The highest BCUT2D eigenvalue weighted by Gasteiger charge is 2.18. The van der Waals surface area contributed by atoms with E-state index in [1.54, 1.807) is 36.9 Å². The van der Waals surface area contributed by atoms with Gasteiger partial charge in [-0.3, -0.25) is 4.79 Å². The Bertz CT molecular complexity index is 1260. The normalized spacial score (nSPS) is 10.5. The zero-order valence-electron chi connectivity index (χ0n) is 18.3. The Labute approximate surface area is 191 Å². The van der Waals surface area contributed by atoms with Crippen LogP contribution in [0.2, 0.25) is 0 Å². The van der Waals surface area contributed by atoms with E-state index >= 15 is 0 Å². The number of amides is 1. The topological polar surface area (TPSA) is 82.5 Å². The molecule has 7 nitrogen and oxygen atoms in total. The van der Waals surface area contributed by atoms with Crippen molar-refractivity contribution < 1.29 is 19.1 Å². The van der Waals surface area contributed by atoms with Gasteiger partial charge in [-0.1, -0.05) is 30.3 Å². The summed E-state index contributed by atoms with van der Waals surface area (Å²) in [6.07, 6.45) is 0. The second-order valence-electron chi connectivity index (χ2n) is 7.15. The lowest BCUT2D eigenvalue weighted by Gasteiger charge is -2.10. The Morgan fingerprint density at radius 3 is 2.39 bits per heavy atom. The fourth-order valence-corrected chi connectivity index (χ4v) is 3.36. The fraction of sp³-hybridized carbons (Fsp3) is 0.115. The minimum absolute atomic E-state index is 0.196. The Balaban J connectivity index is 1.71. The zero-order valence-corrected chi connectivity index (χ0v) is 18.3. The molecule has 3 aromatic carbocycles. The maximum Gasteiger partial charge on any atom is 0.358 e. The maximum absolute atomic E-state index is 12.6. The highest BCUT2D eigenvalue weighted by molar-refractivity contribution is 6.04. The quantitative estimate of drug-likeness (QED) is 0.409. The van der Waals surface area contributed by atoms with Crippen LogP contribution in [-0.2, 0) is 4.74 Å². The fourth-order valence-electron chi connectivity index (χ4n) is 3.36. The molecule has 0 radical (unpaired) electrons. The van der Waals surface area contributed by atoms with Gasteiger partial charge in [0.2, 0.25) is 0 Å². The molecular formula is C26H23N3O4. The van der Waals surface area contributed by atoms with E-state index in [2.05, 4.69) is 10.4 Å². The van der Waals surface area contributed by atoms with Gasteiger partial charge in [-0.15, -0.1) is 0 Å². The van der Waals surface area contributed by atoms with Crippen molar-refractivity contribution in [3.8, 4) is 22.7 Å². The summed E-state index contributed by atoms with van der Waals surface area (Å²) in [4.78, 5) is 24.9. The molecule has 166 valence electrons. The van der Waals surface area contributed by atoms with Crippen molar-refractivity contribution in [1.82, 2.24) is 9.78 Å². The molecule has 4 aromatic rings. The molecule has 1 amide bonds. The van der Waals surface area contributed by atoms with Gasteiger partial charge in [0.25, 0.3) is 5.91 Å². The van der Waals surface area contributed by atoms with Crippen LogP contribution in [0.4, 0.5) is 5.69 Å². The predicted octanol–water partition coefficient (Wildman–Crippen LogP) is 4.98. The van der Waals surface area contributed by atoms with Gasteiger partial charge >= 0.3 is 5.97 Å². The van der Waals surface area contributed by atoms with Crippen LogP contribution in [0.1, 0.15) is 27.8 Å². The second kappa shape index (κ2) is 9.82. The van der Waals surface area contributed by atoms with Crippen LogP contribution >= 0.6 is 0 Å². The van der Waals surface area contributed by atoms with E-state index in [9.17, 15) is 9.59 Å². The second-order valence-corrected chi connectivity index (χ2v) is 7.15. The Morgan fingerprint density at radius 1 is 0.939 bits per heavy atom. The maximum atomic E-state index is 12.6. The first-order valence-corrected chi connectivity index (χ1v) is 10.5. The van der Waals surface area contributed by atoms with Crippen molar-refractivity contribution in [1.29, 1.82) is 0 Å². The highest BCUT2D eigenvalue weighted by atomic mass is 16.5. The van der Waals surface area contributed by atoms with E-state index in [4.69, 9.17) is 9.47 Å². The van der Waals surface area contributed by atoms with Gasteiger partial charge < -0.3 is 14.8 Å². The van der Waals surface area contributed by atoms with Gasteiger partial charge in [-0.25, -0.2) is 9.48 Å². The molecule has 0 fully saturated rings. The molecule has 0 spiro atoms. The molecule has 0 saturated carbocycles. The lowest BCUT2D eigenvalue weighted by Crippen LogP contribution is -2.11. The lowest BCUT2D eigenvalue weighted by atomic mass is 10.1. The van der Waals surface area contributed by atoms with Crippen molar-refractivity contribution in [3.05, 3.63) is 96.2 Å². The minimum Gasteiger partial charge on any atom is -0.497 e. The van der Waals surface area contributed by atoms with Crippen LogP contribution in [-0.4, -0.2) is 35.4 Å². The van der Waals surface area contributed by atoms with Crippen LogP contribution in [0.15, 0.2) is 84.9 Å². The first-order chi connectivity index (χ1) is 16.1. The molecule has 0 aliphatic heterocycles. The number of hydrogen-bond donors (Lipinski definition) is 1. The first kappa shape index (κ1) is 21.8. The van der Waals surface area contributed by atoms with Gasteiger partial charge in [0.05, 0.1) is 25.1 Å². The molecular weight excluding hydrogens is 418 g/mol. The molecule has 0 bridgehead atoms. The molecule has 0 unspecified atom stereocenters. The summed E-state index contributed by atoms with van der Waals surface area (Å²) >= 11 is 0. The molecule has 7 heteroatoms. The standard InChI is InChI=1S/C26H23N3O4/c1-3-33-26(31)23-17-24(29(28-23)21-12-14-22(32-2)15-13-21)19-10-7-11-20(16-19)27-25(30)18-8-5-4-6-9-18/h4-17H,3H2,1-2H3,(H,27,30). The van der Waals surface area contributed by atoms with Crippen molar-refractivity contribution in [2.75, 3.05) is 19.0 Å². The summed E-state index contributed by atoms with van der Waals surface area (Å²) in [5.41, 5.74) is 3.59. The molecule has 33 heavy (non-hydrogen) atoms. The van der Waals surface area contributed by atoms with E-state index in [1.165, 1.54) is 0 Å². The third-order valence-electron chi connectivity index (χ3n) is 4.96. The average Bonchev–Trinajstić information content (AvgIpc) is 3.31. The predicted molar refractivity (Wildman–Crippen MR) is 126 cm³/mol. The zero-order chi connectivity index (χ0) is 23.2. The van der Waals surface area contributed by atoms with Gasteiger partial charge in [0, 0.05) is 16.8 Å². The van der Waals surface area contributed by atoms with Crippen molar-refractivity contribution in [2.24, 2.45) is 0 Å². The summed E-state index contributed by atoms with van der Waals surface area (Å²) < 4.78 is 12.0. The summed E-state index contributed by atoms with van der Waals surface area (Å²) in [5, 5.41) is 7.40. The number of aromatic nitrogens is 2. The summed E-state index contributed by atoms with van der Waals surface area (Å²) in [6, 6.07) is 25.4. The third kappa shape index (κ3) is 4.93. The lowest BCUT2D eigenvalue weighted by molar-refractivity contribution is 0.0519. The highest BCUT2D eigenvalue weighted by Crippen LogP contribution is 2.28. The summed E-state index contributed by atoms with van der Waals surface area (Å²) in [7, 11) is 1.60. The number of anilines is 1. The van der Waals surface area contributed by atoms with E-state index in [0.717, 1.165) is 11.3 Å². The molecule has 0 saturated heterocycles. The van der Waals surface area contributed by atoms with Gasteiger partial charge in [-0.05, 0) is 61.5 Å². The number of rotatable bonds is 7. The number of methoxy groups -OCH3 is 1. The van der Waals surface area contributed by atoms with Gasteiger partial charge in [-0.2, -0.15) is 5.10 Å².